The number of hydrogen-bond donors (Lipinski definition) is 0. The molecule has 1 heterocycles. The molecule has 0 aliphatic heterocycles. The molecule has 98 valence electrons. The molecule has 0 N–H and O–H groups in total. The first kappa shape index (κ1) is 14.1. The molecule has 2 nitrogen and oxygen atoms in total. The molecule has 0 aliphatic rings. The van der Waals surface area contributed by atoms with E-state index in [1.807, 2.05) is 25.3 Å². The number of nitriles is 1. The number of nitrogens with zero attached hydrogens (tertiary/aromatic N) is 1. The van der Waals surface area contributed by atoms with E-state index < -0.39 is 0 Å². The van der Waals surface area contributed by atoms with Crippen LogP contribution in [0.15, 0.2) is 33.8 Å². The van der Waals surface area contributed by atoms with Gasteiger partial charge in [-0.2, -0.15) is 17.0 Å². The van der Waals surface area contributed by atoms with Crippen molar-refractivity contribution >= 4 is 23.5 Å². The molecule has 19 heavy (non-hydrogen) atoms. The fourth-order valence-corrected chi connectivity index (χ4v) is 3.41. The van der Waals surface area contributed by atoms with Crippen molar-refractivity contribution in [1.82, 2.24) is 0 Å². The van der Waals surface area contributed by atoms with E-state index in [2.05, 4.69) is 18.4 Å². The van der Waals surface area contributed by atoms with E-state index in [4.69, 9.17) is 4.42 Å². The molecular formula is C15H15NOS2. The van der Waals surface area contributed by atoms with Crippen molar-refractivity contribution in [2.45, 2.75) is 17.6 Å². The smallest absolute Gasteiger partial charge is 0.134 e. The number of hydrogen-bond acceptors (Lipinski definition) is 4. The molecule has 1 aromatic heterocycles. The van der Waals surface area contributed by atoms with Crippen molar-refractivity contribution in [3.63, 3.8) is 0 Å². The summed E-state index contributed by atoms with van der Waals surface area (Å²) in [6.45, 7) is 2.02. The van der Waals surface area contributed by atoms with Crippen LogP contribution in [0.25, 0.3) is 11.3 Å². The van der Waals surface area contributed by atoms with Gasteiger partial charge in [0.1, 0.15) is 11.8 Å². The molecular weight excluding hydrogens is 274 g/mol. The quantitative estimate of drug-likeness (QED) is 0.764. The molecule has 1 aromatic carbocycles. The van der Waals surface area contributed by atoms with Gasteiger partial charge in [-0.15, -0.1) is 11.8 Å². The maximum atomic E-state index is 9.35. The van der Waals surface area contributed by atoms with Gasteiger partial charge in [0.15, 0.2) is 0 Å². The van der Waals surface area contributed by atoms with Crippen LogP contribution in [0.2, 0.25) is 0 Å². The molecule has 0 bridgehead atoms. The van der Waals surface area contributed by atoms with Crippen LogP contribution in [0.3, 0.4) is 0 Å². The van der Waals surface area contributed by atoms with Crippen LogP contribution in [0, 0.1) is 18.3 Å². The third-order valence-electron chi connectivity index (χ3n) is 3.08. The first-order valence-electron chi connectivity index (χ1n) is 5.86. The van der Waals surface area contributed by atoms with Crippen LogP contribution in [0.1, 0.15) is 16.7 Å². The summed E-state index contributed by atoms with van der Waals surface area (Å²) in [7, 11) is 0. The SMILES string of the molecule is CSCc1c(-c2ccco2)cc(SC)c(C#N)c1C. The highest BCUT2D eigenvalue weighted by molar-refractivity contribution is 7.98. The van der Waals surface area contributed by atoms with E-state index in [-0.39, 0.29) is 0 Å². The average molecular weight is 289 g/mol. The monoisotopic (exact) mass is 289 g/mol. The molecule has 0 fully saturated rings. The predicted octanol–water partition coefficient (Wildman–Crippen LogP) is 4.71. The molecule has 4 heteroatoms. The van der Waals surface area contributed by atoms with Crippen LogP contribution < -0.4 is 0 Å². The minimum absolute atomic E-state index is 0.784. The normalized spacial score (nSPS) is 10.4. The van der Waals surface area contributed by atoms with Gasteiger partial charge in [0.25, 0.3) is 0 Å². The summed E-state index contributed by atoms with van der Waals surface area (Å²) in [4.78, 5) is 1.01. The van der Waals surface area contributed by atoms with Crippen molar-refractivity contribution < 1.29 is 4.42 Å². The zero-order valence-electron chi connectivity index (χ0n) is 11.2. The van der Waals surface area contributed by atoms with Crippen molar-refractivity contribution in [1.29, 1.82) is 5.26 Å². The van der Waals surface area contributed by atoms with Gasteiger partial charge in [-0.1, -0.05) is 0 Å². The highest BCUT2D eigenvalue weighted by Gasteiger charge is 2.17. The summed E-state index contributed by atoms with van der Waals surface area (Å²) in [5, 5.41) is 9.35. The van der Waals surface area contributed by atoms with Gasteiger partial charge in [0.2, 0.25) is 0 Å². The van der Waals surface area contributed by atoms with E-state index >= 15 is 0 Å². The van der Waals surface area contributed by atoms with Gasteiger partial charge < -0.3 is 4.42 Å². The van der Waals surface area contributed by atoms with Crippen LogP contribution in [0.4, 0.5) is 0 Å². The Hall–Kier alpha value is -1.31. The second-order valence-corrected chi connectivity index (χ2v) is 5.84. The summed E-state index contributed by atoms with van der Waals surface area (Å²) in [6.07, 6.45) is 5.75. The lowest BCUT2D eigenvalue weighted by atomic mass is 9.97. The Balaban J connectivity index is 2.72. The lowest BCUT2D eigenvalue weighted by molar-refractivity contribution is 0.581. The molecule has 2 rings (SSSR count). The molecule has 0 unspecified atom stereocenters. The third kappa shape index (κ3) is 2.68. The molecule has 0 radical (unpaired) electrons. The summed E-state index contributed by atoms with van der Waals surface area (Å²) >= 11 is 3.36. The highest BCUT2D eigenvalue weighted by Crippen LogP contribution is 2.36. The Morgan fingerprint density at radius 2 is 2.16 bits per heavy atom. The summed E-state index contributed by atoms with van der Waals surface area (Å²) in [6, 6.07) is 8.26. The lowest BCUT2D eigenvalue weighted by Gasteiger charge is -2.14. The van der Waals surface area contributed by atoms with E-state index in [0.717, 1.165) is 33.1 Å². The third-order valence-corrected chi connectivity index (χ3v) is 4.42. The number of rotatable bonds is 4. The van der Waals surface area contributed by atoms with E-state index in [0.29, 0.717) is 0 Å². The van der Waals surface area contributed by atoms with Gasteiger partial charge in [0, 0.05) is 16.2 Å². The first-order valence-corrected chi connectivity index (χ1v) is 8.48. The standard InChI is InChI=1S/C15H15NOS2/c1-10-12(8-16)15(19-3)7-11(13(10)9-18-2)14-5-4-6-17-14/h4-7H,9H2,1-3H3. The summed E-state index contributed by atoms with van der Waals surface area (Å²) in [5.41, 5.74) is 4.14. The Morgan fingerprint density at radius 1 is 1.37 bits per heavy atom. The zero-order valence-corrected chi connectivity index (χ0v) is 12.8. The minimum atomic E-state index is 0.784. The van der Waals surface area contributed by atoms with Crippen molar-refractivity contribution in [3.05, 3.63) is 41.2 Å². The molecule has 0 saturated carbocycles. The van der Waals surface area contributed by atoms with Gasteiger partial charge in [-0.05, 0) is 48.8 Å². The Labute approximate surface area is 122 Å². The van der Waals surface area contributed by atoms with E-state index in [1.54, 1.807) is 29.8 Å². The number of thioether (sulfide) groups is 2. The maximum absolute atomic E-state index is 9.35. The van der Waals surface area contributed by atoms with E-state index in [9.17, 15) is 5.26 Å². The minimum Gasteiger partial charge on any atom is -0.464 e. The topological polar surface area (TPSA) is 36.9 Å². The van der Waals surface area contributed by atoms with Crippen molar-refractivity contribution in [2.75, 3.05) is 12.5 Å². The van der Waals surface area contributed by atoms with Gasteiger partial charge in [0.05, 0.1) is 11.8 Å². The first-order chi connectivity index (χ1) is 9.22. The largest absolute Gasteiger partial charge is 0.464 e. The molecule has 0 amide bonds. The number of furan rings is 1. The van der Waals surface area contributed by atoms with Crippen LogP contribution in [0.5, 0.6) is 0 Å². The molecule has 0 aliphatic carbocycles. The Kier molecular flexibility index (Phi) is 4.62. The van der Waals surface area contributed by atoms with Crippen LogP contribution in [-0.4, -0.2) is 12.5 Å². The second kappa shape index (κ2) is 6.23. The van der Waals surface area contributed by atoms with Crippen LogP contribution in [-0.2, 0) is 5.75 Å². The molecule has 0 spiro atoms. The zero-order chi connectivity index (χ0) is 13.8. The predicted molar refractivity (Wildman–Crippen MR) is 82.6 cm³/mol. The fraction of sp³-hybridized carbons (Fsp3) is 0.267. The van der Waals surface area contributed by atoms with Crippen LogP contribution >= 0.6 is 23.5 Å². The highest BCUT2D eigenvalue weighted by atomic mass is 32.2. The summed E-state index contributed by atoms with van der Waals surface area (Å²) < 4.78 is 5.53. The van der Waals surface area contributed by atoms with Crippen molar-refractivity contribution in [2.24, 2.45) is 0 Å². The van der Waals surface area contributed by atoms with E-state index in [1.165, 1.54) is 5.56 Å². The maximum Gasteiger partial charge on any atom is 0.134 e. The fourth-order valence-electron chi connectivity index (χ4n) is 2.11. The molecule has 0 saturated heterocycles. The Morgan fingerprint density at radius 3 is 2.68 bits per heavy atom. The lowest BCUT2D eigenvalue weighted by Crippen LogP contribution is -1.97. The van der Waals surface area contributed by atoms with Crippen molar-refractivity contribution in [3.8, 4) is 17.4 Å². The van der Waals surface area contributed by atoms with Gasteiger partial charge in [-0.3, -0.25) is 0 Å². The second-order valence-electron chi connectivity index (χ2n) is 4.13. The Bertz CT molecular complexity index is 612. The summed E-state index contributed by atoms with van der Waals surface area (Å²) in [5.74, 6) is 1.75. The number of benzene rings is 1. The van der Waals surface area contributed by atoms with Gasteiger partial charge in [-0.25, -0.2) is 0 Å². The molecule has 2 aromatic rings. The molecule has 0 atom stereocenters. The van der Waals surface area contributed by atoms with Gasteiger partial charge >= 0.3 is 0 Å². The average Bonchev–Trinajstić information content (AvgIpc) is 2.94.